The van der Waals surface area contributed by atoms with Gasteiger partial charge in [-0.3, -0.25) is 4.98 Å². The molecule has 2 aromatic rings. The zero-order chi connectivity index (χ0) is 13.8. The first-order valence-electron chi connectivity index (χ1n) is 7.84. The number of hydrogen-bond acceptors (Lipinski definition) is 1. The SMILES string of the molecule is Cc1cc(-c2ccccc2)ncc1CC1CCCCC1. The smallest absolute Gasteiger partial charge is 0.0704 e. The molecule has 0 N–H and O–H groups in total. The fourth-order valence-electron chi connectivity index (χ4n) is 3.27. The maximum atomic E-state index is 4.68. The van der Waals surface area contributed by atoms with Crippen molar-refractivity contribution in [2.45, 2.75) is 45.4 Å². The van der Waals surface area contributed by atoms with Crippen molar-refractivity contribution in [3.8, 4) is 11.3 Å². The Morgan fingerprint density at radius 2 is 1.80 bits per heavy atom. The molecule has 0 saturated heterocycles. The molecule has 20 heavy (non-hydrogen) atoms. The fourth-order valence-corrected chi connectivity index (χ4v) is 3.27. The summed E-state index contributed by atoms with van der Waals surface area (Å²) in [6.45, 7) is 2.23. The summed E-state index contributed by atoms with van der Waals surface area (Å²) in [6.07, 6.45) is 10.4. The van der Waals surface area contributed by atoms with E-state index in [0.717, 1.165) is 11.6 Å². The van der Waals surface area contributed by atoms with Gasteiger partial charge >= 0.3 is 0 Å². The average Bonchev–Trinajstić information content (AvgIpc) is 2.51. The highest BCUT2D eigenvalue weighted by Gasteiger charge is 2.15. The predicted molar refractivity (Wildman–Crippen MR) is 84.7 cm³/mol. The van der Waals surface area contributed by atoms with Crippen molar-refractivity contribution in [1.82, 2.24) is 4.98 Å². The molecule has 1 fully saturated rings. The van der Waals surface area contributed by atoms with Crippen LogP contribution in [-0.2, 0) is 6.42 Å². The molecule has 0 bridgehead atoms. The molecule has 0 unspecified atom stereocenters. The lowest BCUT2D eigenvalue weighted by Gasteiger charge is -2.22. The molecule has 3 rings (SSSR count). The van der Waals surface area contributed by atoms with Gasteiger partial charge in [0.25, 0.3) is 0 Å². The molecule has 1 saturated carbocycles. The average molecular weight is 265 g/mol. The van der Waals surface area contributed by atoms with E-state index in [1.807, 2.05) is 6.07 Å². The van der Waals surface area contributed by atoms with Gasteiger partial charge in [0.15, 0.2) is 0 Å². The third-order valence-electron chi connectivity index (χ3n) is 4.52. The minimum Gasteiger partial charge on any atom is -0.256 e. The molecule has 0 radical (unpaired) electrons. The Morgan fingerprint density at radius 1 is 1.05 bits per heavy atom. The predicted octanol–water partition coefficient (Wildman–Crippen LogP) is 5.18. The summed E-state index contributed by atoms with van der Waals surface area (Å²) in [6, 6.07) is 12.7. The lowest BCUT2D eigenvalue weighted by molar-refractivity contribution is 0.356. The zero-order valence-corrected chi connectivity index (χ0v) is 12.3. The van der Waals surface area contributed by atoms with Crippen LogP contribution in [0.5, 0.6) is 0 Å². The molecule has 0 aliphatic heterocycles. The highest BCUT2D eigenvalue weighted by molar-refractivity contribution is 5.59. The second-order valence-corrected chi connectivity index (χ2v) is 6.07. The Morgan fingerprint density at radius 3 is 2.50 bits per heavy atom. The Balaban J connectivity index is 1.77. The summed E-state index contributed by atoms with van der Waals surface area (Å²) in [7, 11) is 0. The number of hydrogen-bond donors (Lipinski definition) is 0. The highest BCUT2D eigenvalue weighted by Crippen LogP contribution is 2.28. The van der Waals surface area contributed by atoms with Gasteiger partial charge in [0.05, 0.1) is 5.69 Å². The van der Waals surface area contributed by atoms with Gasteiger partial charge in [-0.05, 0) is 36.5 Å². The summed E-state index contributed by atoms with van der Waals surface area (Å²) >= 11 is 0. The zero-order valence-electron chi connectivity index (χ0n) is 12.3. The van der Waals surface area contributed by atoms with Crippen LogP contribution in [0.15, 0.2) is 42.6 Å². The van der Waals surface area contributed by atoms with Crippen LogP contribution in [0, 0.1) is 12.8 Å². The van der Waals surface area contributed by atoms with E-state index in [0.29, 0.717) is 0 Å². The van der Waals surface area contributed by atoms with Gasteiger partial charge in [-0.2, -0.15) is 0 Å². The summed E-state index contributed by atoms with van der Waals surface area (Å²) in [4.78, 5) is 4.68. The topological polar surface area (TPSA) is 12.9 Å². The minimum atomic E-state index is 0.881. The summed E-state index contributed by atoms with van der Waals surface area (Å²) in [5, 5.41) is 0. The third kappa shape index (κ3) is 3.09. The summed E-state index contributed by atoms with van der Waals surface area (Å²) in [5.74, 6) is 0.881. The molecule has 1 nitrogen and oxygen atoms in total. The van der Waals surface area contributed by atoms with Gasteiger partial charge in [0.1, 0.15) is 0 Å². The van der Waals surface area contributed by atoms with E-state index in [9.17, 15) is 0 Å². The molecule has 0 spiro atoms. The molecule has 1 aromatic heterocycles. The van der Waals surface area contributed by atoms with E-state index >= 15 is 0 Å². The summed E-state index contributed by atoms with van der Waals surface area (Å²) in [5.41, 5.74) is 5.14. The van der Waals surface area contributed by atoms with Crippen molar-refractivity contribution in [3.05, 3.63) is 53.7 Å². The Bertz CT molecular complexity index is 553. The molecule has 1 heteroatoms. The molecule has 0 amide bonds. The first-order chi connectivity index (χ1) is 9.83. The van der Waals surface area contributed by atoms with Crippen molar-refractivity contribution < 1.29 is 0 Å². The normalized spacial score (nSPS) is 16.2. The third-order valence-corrected chi connectivity index (χ3v) is 4.52. The molecule has 0 atom stereocenters. The maximum Gasteiger partial charge on any atom is 0.0704 e. The second-order valence-electron chi connectivity index (χ2n) is 6.07. The monoisotopic (exact) mass is 265 g/mol. The largest absolute Gasteiger partial charge is 0.256 e. The number of benzene rings is 1. The lowest BCUT2D eigenvalue weighted by Crippen LogP contribution is -2.10. The van der Waals surface area contributed by atoms with Crippen LogP contribution in [0.4, 0.5) is 0 Å². The van der Waals surface area contributed by atoms with E-state index in [4.69, 9.17) is 0 Å². The van der Waals surface area contributed by atoms with Crippen LogP contribution in [0.3, 0.4) is 0 Å². The first-order valence-corrected chi connectivity index (χ1v) is 7.84. The van der Waals surface area contributed by atoms with Gasteiger partial charge in [-0.25, -0.2) is 0 Å². The second kappa shape index (κ2) is 6.21. The molecule has 104 valence electrons. The van der Waals surface area contributed by atoms with Gasteiger partial charge < -0.3 is 0 Å². The lowest BCUT2D eigenvalue weighted by atomic mass is 9.84. The number of rotatable bonds is 3. The van der Waals surface area contributed by atoms with E-state index in [2.05, 4.69) is 48.4 Å². The van der Waals surface area contributed by atoms with Crippen LogP contribution in [0.25, 0.3) is 11.3 Å². The van der Waals surface area contributed by atoms with Gasteiger partial charge in [-0.1, -0.05) is 62.4 Å². The number of pyridine rings is 1. The highest BCUT2D eigenvalue weighted by atomic mass is 14.7. The quantitative estimate of drug-likeness (QED) is 0.745. The molecule has 1 heterocycles. The van der Waals surface area contributed by atoms with E-state index in [-0.39, 0.29) is 0 Å². The van der Waals surface area contributed by atoms with Crippen molar-refractivity contribution in [1.29, 1.82) is 0 Å². The van der Waals surface area contributed by atoms with Crippen LogP contribution < -0.4 is 0 Å². The Labute approximate surface area is 122 Å². The first kappa shape index (κ1) is 13.4. The van der Waals surface area contributed by atoms with Crippen molar-refractivity contribution in [2.75, 3.05) is 0 Å². The minimum absolute atomic E-state index is 0.881. The molecular weight excluding hydrogens is 242 g/mol. The Kier molecular flexibility index (Phi) is 4.15. The molecule has 1 aliphatic carbocycles. The Hall–Kier alpha value is -1.63. The molecule has 1 aromatic carbocycles. The van der Waals surface area contributed by atoms with E-state index in [1.165, 1.54) is 55.2 Å². The fraction of sp³-hybridized carbons (Fsp3) is 0.421. The van der Waals surface area contributed by atoms with Crippen LogP contribution in [0.2, 0.25) is 0 Å². The maximum absolute atomic E-state index is 4.68. The molecule has 1 aliphatic rings. The van der Waals surface area contributed by atoms with Crippen LogP contribution in [0.1, 0.15) is 43.2 Å². The van der Waals surface area contributed by atoms with Crippen molar-refractivity contribution in [3.63, 3.8) is 0 Å². The standard InChI is InChI=1S/C19H23N/c1-15-12-19(17-10-6-3-7-11-17)20-14-18(15)13-16-8-4-2-5-9-16/h3,6-7,10-12,14,16H,2,4-5,8-9,13H2,1H3. The van der Waals surface area contributed by atoms with Crippen LogP contribution >= 0.6 is 0 Å². The number of nitrogens with zero attached hydrogens (tertiary/aromatic N) is 1. The number of aryl methyl sites for hydroxylation is 1. The molecular formula is C19H23N. The number of aromatic nitrogens is 1. The van der Waals surface area contributed by atoms with E-state index < -0.39 is 0 Å². The van der Waals surface area contributed by atoms with Crippen molar-refractivity contribution in [2.24, 2.45) is 5.92 Å². The van der Waals surface area contributed by atoms with Gasteiger partial charge in [-0.15, -0.1) is 0 Å². The summed E-state index contributed by atoms with van der Waals surface area (Å²) < 4.78 is 0. The van der Waals surface area contributed by atoms with Crippen LogP contribution in [-0.4, -0.2) is 4.98 Å². The van der Waals surface area contributed by atoms with E-state index in [1.54, 1.807) is 0 Å². The van der Waals surface area contributed by atoms with Crippen molar-refractivity contribution >= 4 is 0 Å². The van der Waals surface area contributed by atoms with Gasteiger partial charge in [0, 0.05) is 11.8 Å². The van der Waals surface area contributed by atoms with Gasteiger partial charge in [0.2, 0.25) is 0 Å².